The number of hydrogen-bond donors (Lipinski definition) is 1. The van der Waals surface area contributed by atoms with Crippen LogP contribution in [-0.2, 0) is 6.42 Å². The number of rotatable bonds is 4. The average molecular weight is 226 g/mol. The summed E-state index contributed by atoms with van der Waals surface area (Å²) in [6, 6.07) is 3.43. The highest BCUT2D eigenvalue weighted by Gasteiger charge is 1.99. The summed E-state index contributed by atoms with van der Waals surface area (Å²) >= 11 is 5.59. The Morgan fingerprint density at radius 2 is 2.27 bits per heavy atom. The molecular formula is C8H8ClN5O. The van der Waals surface area contributed by atoms with Crippen molar-refractivity contribution in [2.45, 2.75) is 6.42 Å². The van der Waals surface area contributed by atoms with Crippen LogP contribution in [0.5, 0.6) is 0 Å². The summed E-state index contributed by atoms with van der Waals surface area (Å²) in [6.07, 6.45) is 1.97. The van der Waals surface area contributed by atoms with Gasteiger partial charge in [0.1, 0.15) is 5.82 Å². The fraction of sp³-hybridized carbons (Fsp3) is 0.250. The first kappa shape index (κ1) is 9.85. The van der Waals surface area contributed by atoms with Crippen molar-refractivity contribution >= 4 is 17.4 Å². The van der Waals surface area contributed by atoms with E-state index in [0.717, 1.165) is 0 Å². The lowest BCUT2D eigenvalue weighted by molar-refractivity contribution is 0.410. The summed E-state index contributed by atoms with van der Waals surface area (Å²) in [5.74, 6) is 1.33. The topological polar surface area (TPSA) is 76.7 Å². The van der Waals surface area contributed by atoms with Gasteiger partial charge in [0.05, 0.1) is 0 Å². The van der Waals surface area contributed by atoms with Crippen LogP contribution in [0.15, 0.2) is 23.0 Å². The summed E-state index contributed by atoms with van der Waals surface area (Å²) in [7, 11) is 0. The van der Waals surface area contributed by atoms with E-state index < -0.39 is 0 Å². The van der Waals surface area contributed by atoms with Gasteiger partial charge in [0.15, 0.2) is 11.0 Å². The van der Waals surface area contributed by atoms with Gasteiger partial charge in [-0.25, -0.2) is 0 Å². The first-order chi connectivity index (χ1) is 7.34. The van der Waals surface area contributed by atoms with Crippen molar-refractivity contribution in [2.24, 2.45) is 0 Å². The van der Waals surface area contributed by atoms with Gasteiger partial charge < -0.3 is 9.84 Å². The Morgan fingerprint density at radius 3 is 2.93 bits per heavy atom. The third-order valence-electron chi connectivity index (χ3n) is 1.69. The Kier molecular flexibility index (Phi) is 3.08. The molecule has 0 fully saturated rings. The molecule has 0 amide bonds. The van der Waals surface area contributed by atoms with Crippen LogP contribution in [0, 0.1) is 0 Å². The molecule has 0 aromatic carbocycles. The fourth-order valence-corrected chi connectivity index (χ4v) is 1.12. The van der Waals surface area contributed by atoms with Gasteiger partial charge in [-0.2, -0.15) is 4.98 Å². The Hall–Kier alpha value is -1.69. The highest BCUT2D eigenvalue weighted by molar-refractivity contribution is 6.29. The average Bonchev–Trinajstić information content (AvgIpc) is 2.74. The molecule has 2 aromatic rings. The summed E-state index contributed by atoms with van der Waals surface area (Å²) in [4.78, 5) is 3.89. The molecule has 2 heterocycles. The molecule has 6 nitrogen and oxygen atoms in total. The van der Waals surface area contributed by atoms with Crippen LogP contribution in [0.2, 0.25) is 5.15 Å². The van der Waals surface area contributed by atoms with Gasteiger partial charge in [-0.3, -0.25) is 0 Å². The van der Waals surface area contributed by atoms with E-state index in [-0.39, 0.29) is 0 Å². The van der Waals surface area contributed by atoms with Gasteiger partial charge in [-0.15, -0.1) is 10.2 Å². The number of nitrogens with zero attached hydrogens (tertiary/aromatic N) is 4. The number of nitrogens with one attached hydrogen (secondary N) is 1. The molecule has 0 spiro atoms. The maximum absolute atomic E-state index is 5.59. The van der Waals surface area contributed by atoms with E-state index in [2.05, 4.69) is 30.2 Å². The number of hydrogen-bond acceptors (Lipinski definition) is 6. The summed E-state index contributed by atoms with van der Waals surface area (Å²) in [5.41, 5.74) is 0. The quantitative estimate of drug-likeness (QED) is 0.842. The van der Waals surface area contributed by atoms with Crippen molar-refractivity contribution in [2.75, 3.05) is 11.9 Å². The van der Waals surface area contributed by atoms with Crippen LogP contribution in [0.25, 0.3) is 0 Å². The molecule has 2 rings (SSSR count). The van der Waals surface area contributed by atoms with Crippen LogP contribution < -0.4 is 5.32 Å². The number of halogens is 1. The maximum Gasteiger partial charge on any atom is 0.213 e. The Labute approximate surface area is 90.7 Å². The molecule has 0 bridgehead atoms. The summed E-state index contributed by atoms with van der Waals surface area (Å²) in [6.45, 7) is 0.663. The number of aromatic nitrogens is 4. The highest BCUT2D eigenvalue weighted by atomic mass is 35.5. The normalized spacial score (nSPS) is 10.2. The molecule has 15 heavy (non-hydrogen) atoms. The zero-order valence-electron chi connectivity index (χ0n) is 7.72. The van der Waals surface area contributed by atoms with Gasteiger partial charge in [0.25, 0.3) is 0 Å². The van der Waals surface area contributed by atoms with E-state index in [9.17, 15) is 0 Å². The lowest BCUT2D eigenvalue weighted by Gasteiger charge is -2.01. The smallest absolute Gasteiger partial charge is 0.213 e. The molecule has 0 saturated heterocycles. The van der Waals surface area contributed by atoms with Gasteiger partial charge >= 0.3 is 0 Å². The molecule has 2 aromatic heterocycles. The zero-order chi connectivity index (χ0) is 10.5. The third kappa shape index (κ3) is 2.88. The second-order valence-electron chi connectivity index (χ2n) is 2.77. The molecular weight excluding hydrogens is 218 g/mol. The van der Waals surface area contributed by atoms with Crippen molar-refractivity contribution in [3.05, 3.63) is 29.5 Å². The maximum atomic E-state index is 5.59. The molecule has 0 unspecified atom stereocenters. The van der Waals surface area contributed by atoms with Gasteiger partial charge in [-0.05, 0) is 12.1 Å². The van der Waals surface area contributed by atoms with Crippen molar-refractivity contribution in [1.29, 1.82) is 0 Å². The molecule has 7 heteroatoms. The lowest BCUT2D eigenvalue weighted by atomic mass is 10.4. The van der Waals surface area contributed by atoms with E-state index in [4.69, 9.17) is 11.6 Å². The molecule has 0 saturated carbocycles. The van der Waals surface area contributed by atoms with Gasteiger partial charge in [0.2, 0.25) is 6.39 Å². The van der Waals surface area contributed by atoms with E-state index >= 15 is 0 Å². The minimum Gasteiger partial charge on any atom is -0.368 e. The number of anilines is 1. The Morgan fingerprint density at radius 1 is 1.33 bits per heavy atom. The SMILES string of the molecule is Clc1ccc(NCCc2ncon2)nn1. The largest absolute Gasteiger partial charge is 0.368 e. The van der Waals surface area contributed by atoms with E-state index in [1.165, 1.54) is 6.39 Å². The fourth-order valence-electron chi connectivity index (χ4n) is 1.02. The summed E-state index contributed by atoms with van der Waals surface area (Å²) in [5, 5.41) is 14.6. The van der Waals surface area contributed by atoms with Crippen molar-refractivity contribution in [3.63, 3.8) is 0 Å². The standard InChI is InChI=1S/C8H8ClN5O/c9-6-1-2-7(13-12-6)10-4-3-8-11-5-15-14-8/h1-2,5H,3-4H2,(H,10,13). The van der Waals surface area contributed by atoms with E-state index in [1.807, 2.05) is 0 Å². The zero-order valence-corrected chi connectivity index (χ0v) is 8.48. The predicted molar refractivity (Wildman–Crippen MR) is 53.5 cm³/mol. The second-order valence-corrected chi connectivity index (χ2v) is 3.15. The molecule has 78 valence electrons. The predicted octanol–water partition coefficient (Wildman–Crippen LogP) is 1.17. The molecule has 0 aliphatic rings. The molecule has 0 radical (unpaired) electrons. The van der Waals surface area contributed by atoms with E-state index in [0.29, 0.717) is 29.8 Å². The Bertz CT molecular complexity index is 401. The first-order valence-corrected chi connectivity index (χ1v) is 4.71. The molecule has 0 atom stereocenters. The monoisotopic (exact) mass is 225 g/mol. The van der Waals surface area contributed by atoms with Crippen molar-refractivity contribution in [1.82, 2.24) is 20.3 Å². The van der Waals surface area contributed by atoms with E-state index in [1.54, 1.807) is 12.1 Å². The second kappa shape index (κ2) is 4.70. The molecule has 1 N–H and O–H groups in total. The first-order valence-electron chi connectivity index (χ1n) is 4.33. The minimum absolute atomic E-state index is 0.374. The summed E-state index contributed by atoms with van der Waals surface area (Å²) < 4.78 is 4.60. The lowest BCUT2D eigenvalue weighted by Crippen LogP contribution is -2.07. The van der Waals surface area contributed by atoms with Crippen LogP contribution >= 0.6 is 11.6 Å². The van der Waals surface area contributed by atoms with Crippen LogP contribution in [-0.4, -0.2) is 26.9 Å². The van der Waals surface area contributed by atoms with Crippen LogP contribution in [0.4, 0.5) is 5.82 Å². The minimum atomic E-state index is 0.374. The van der Waals surface area contributed by atoms with Crippen LogP contribution in [0.1, 0.15) is 5.82 Å². The van der Waals surface area contributed by atoms with Gasteiger partial charge in [-0.1, -0.05) is 16.8 Å². The molecule has 0 aliphatic heterocycles. The van der Waals surface area contributed by atoms with Crippen molar-refractivity contribution in [3.8, 4) is 0 Å². The van der Waals surface area contributed by atoms with Crippen LogP contribution in [0.3, 0.4) is 0 Å². The molecule has 0 aliphatic carbocycles. The van der Waals surface area contributed by atoms with Gasteiger partial charge in [0, 0.05) is 13.0 Å². The van der Waals surface area contributed by atoms with Crippen molar-refractivity contribution < 1.29 is 4.52 Å². The Balaban J connectivity index is 1.81. The third-order valence-corrected chi connectivity index (χ3v) is 1.90. The highest BCUT2D eigenvalue weighted by Crippen LogP contribution is 2.05.